The fourth-order valence-corrected chi connectivity index (χ4v) is 6.13. The van der Waals surface area contributed by atoms with Gasteiger partial charge in [0.2, 0.25) is 0 Å². The lowest BCUT2D eigenvalue weighted by atomic mass is 10.1. The molecule has 0 aliphatic heterocycles. The molecule has 64 heavy (non-hydrogen) atoms. The number of hydrogen-bond acceptors (Lipinski definition) is 12. The average Bonchev–Trinajstić information content (AvgIpc) is 3.31. The van der Waals surface area contributed by atoms with E-state index in [2.05, 4.69) is 0 Å². The second-order valence-corrected chi connectivity index (χ2v) is 13.8. The Morgan fingerprint density at radius 2 is 0.859 bits per heavy atom. The third kappa shape index (κ3) is 11.2. The molecule has 0 amide bonds. The monoisotopic (exact) mass is 850 g/mol. The summed E-state index contributed by atoms with van der Waals surface area (Å²) in [5.41, 5.74) is 12.9. The van der Waals surface area contributed by atoms with Crippen LogP contribution < -0.4 is 35.2 Å². The fraction of sp³-hybridized carbons (Fsp3) is 0.0192. The maximum Gasteiger partial charge on any atom is 0.347 e. The molecule has 0 saturated heterocycles. The molecular weight excluding hydrogens is 813 g/mol. The van der Waals surface area contributed by atoms with Gasteiger partial charge in [0.15, 0.2) is 5.78 Å². The van der Waals surface area contributed by atoms with Gasteiger partial charge in [0.1, 0.15) is 46.5 Å². The molecule has 12 nitrogen and oxygen atoms in total. The number of ketones is 1. The molecule has 316 valence electrons. The number of allylic oxidation sites excluding steroid dienone is 1. The van der Waals surface area contributed by atoms with Gasteiger partial charge in [-0.3, -0.25) is 4.79 Å². The molecule has 7 aromatic rings. The highest BCUT2D eigenvalue weighted by atomic mass is 16.6. The molecule has 7 aromatic carbocycles. The van der Waals surface area contributed by atoms with E-state index in [0.717, 1.165) is 12.1 Å². The van der Waals surface area contributed by atoms with Gasteiger partial charge in [-0.25, -0.2) is 19.2 Å². The minimum Gasteiger partial charge on any atom is -0.490 e. The number of ether oxygens (including phenoxy) is 5. The average molecular weight is 851 g/mol. The van der Waals surface area contributed by atoms with Crippen LogP contribution in [0.15, 0.2) is 182 Å². The number of anilines is 2. The maximum atomic E-state index is 14.3. The second kappa shape index (κ2) is 20.5. The van der Waals surface area contributed by atoms with E-state index >= 15 is 0 Å². The fourth-order valence-electron chi connectivity index (χ4n) is 6.13. The number of nitrogen functional groups attached to an aromatic ring is 2. The van der Waals surface area contributed by atoms with E-state index in [0.29, 0.717) is 22.4 Å². The number of carbonyl (C=O) groups is 5. The van der Waals surface area contributed by atoms with Crippen LogP contribution >= 0.6 is 0 Å². The van der Waals surface area contributed by atoms with Crippen LogP contribution in [-0.4, -0.2) is 36.3 Å². The molecule has 0 aliphatic rings. The highest BCUT2D eigenvalue weighted by Crippen LogP contribution is 2.34. The highest BCUT2D eigenvalue weighted by molar-refractivity contribution is 6.07. The Balaban J connectivity index is 1.26. The Kier molecular flexibility index (Phi) is 13.8. The third-order valence-electron chi connectivity index (χ3n) is 9.27. The first kappa shape index (κ1) is 43.1. The Hall–Kier alpha value is -9.03. The van der Waals surface area contributed by atoms with Crippen molar-refractivity contribution < 1.29 is 47.7 Å². The van der Waals surface area contributed by atoms with Crippen LogP contribution in [0.3, 0.4) is 0 Å². The maximum absolute atomic E-state index is 14.3. The van der Waals surface area contributed by atoms with E-state index in [1.165, 1.54) is 54.6 Å². The predicted octanol–water partition coefficient (Wildman–Crippen LogP) is 9.72. The van der Waals surface area contributed by atoms with Crippen molar-refractivity contribution in [3.63, 3.8) is 0 Å². The van der Waals surface area contributed by atoms with Crippen molar-refractivity contribution in [3.8, 4) is 28.7 Å². The summed E-state index contributed by atoms with van der Waals surface area (Å²) in [5.74, 6) is -4.38. The summed E-state index contributed by atoms with van der Waals surface area (Å²) < 4.78 is 29.1. The van der Waals surface area contributed by atoms with Gasteiger partial charge < -0.3 is 35.2 Å². The Bertz CT molecular complexity index is 2910. The SMILES string of the molecule is Nc1cccc(C(=O)Oc2cc(C(=O)Oc3ccccc3C=CC(=O)c3ccccc3)c(OC(=O)c3cccc(N)c3)cc2C(=O)Oc2ccccc2C=CCOc2ccccc2)c1. The minimum absolute atomic E-state index is 0.0242. The van der Waals surface area contributed by atoms with Gasteiger partial charge in [-0.1, -0.05) is 103 Å². The van der Waals surface area contributed by atoms with Gasteiger partial charge in [-0.05, 0) is 78.9 Å². The Morgan fingerprint density at radius 3 is 1.38 bits per heavy atom. The molecule has 0 bridgehead atoms. The quantitative estimate of drug-likeness (QED) is 0.0328. The first-order valence-corrected chi connectivity index (χ1v) is 19.7. The largest absolute Gasteiger partial charge is 0.490 e. The van der Waals surface area contributed by atoms with Crippen LogP contribution in [0, 0.1) is 0 Å². The van der Waals surface area contributed by atoms with Crippen LogP contribution in [0.2, 0.25) is 0 Å². The van der Waals surface area contributed by atoms with Gasteiger partial charge in [0.05, 0.1) is 11.1 Å². The van der Waals surface area contributed by atoms with Crippen molar-refractivity contribution in [1.29, 1.82) is 0 Å². The van der Waals surface area contributed by atoms with Crippen LogP contribution in [0.25, 0.3) is 12.2 Å². The molecule has 0 fully saturated rings. The van der Waals surface area contributed by atoms with Gasteiger partial charge in [0.25, 0.3) is 0 Å². The van der Waals surface area contributed by atoms with E-state index in [-0.39, 0.29) is 46.4 Å². The summed E-state index contributed by atoms with van der Waals surface area (Å²) in [6, 6.07) is 44.8. The number of rotatable bonds is 15. The molecule has 0 aliphatic carbocycles. The number of para-hydroxylation sites is 3. The zero-order valence-corrected chi connectivity index (χ0v) is 33.9. The standard InChI is InChI=1S/C52H38N2O10/c53-39-21-11-18-37(30-39)49(56)63-47-33-43(52(59)62-46-26-10-8-17-36(46)27-28-44(55)34-14-3-1-4-15-34)48(64-50(57)38-19-12-22-40(54)31-38)32-42(47)51(58)61-45-25-9-7-16-35(45)20-13-29-60-41-23-5-2-6-24-41/h1-28,30-33H,29,53-54H2. The van der Waals surface area contributed by atoms with Crippen molar-refractivity contribution in [1.82, 2.24) is 0 Å². The van der Waals surface area contributed by atoms with E-state index < -0.39 is 46.5 Å². The van der Waals surface area contributed by atoms with Crippen LogP contribution in [0.1, 0.15) is 62.9 Å². The van der Waals surface area contributed by atoms with Crippen molar-refractivity contribution >= 4 is 53.2 Å². The van der Waals surface area contributed by atoms with Crippen molar-refractivity contribution in [3.05, 3.63) is 221 Å². The molecule has 12 heteroatoms. The predicted molar refractivity (Wildman–Crippen MR) is 242 cm³/mol. The molecule has 0 radical (unpaired) electrons. The lowest BCUT2D eigenvalue weighted by molar-refractivity contribution is 0.0671. The Labute approximate surface area is 367 Å². The van der Waals surface area contributed by atoms with Crippen molar-refractivity contribution in [2.45, 2.75) is 0 Å². The Morgan fingerprint density at radius 1 is 0.422 bits per heavy atom. The van der Waals surface area contributed by atoms with Crippen LogP contribution in [0.4, 0.5) is 11.4 Å². The van der Waals surface area contributed by atoms with Gasteiger partial charge >= 0.3 is 23.9 Å². The van der Waals surface area contributed by atoms with E-state index in [9.17, 15) is 24.0 Å². The van der Waals surface area contributed by atoms with Gasteiger partial charge in [-0.2, -0.15) is 0 Å². The molecule has 0 heterocycles. The molecule has 7 rings (SSSR count). The third-order valence-corrected chi connectivity index (χ3v) is 9.27. The topological polar surface area (TPSA) is 184 Å². The molecule has 0 saturated carbocycles. The first-order chi connectivity index (χ1) is 31.1. The van der Waals surface area contributed by atoms with Crippen LogP contribution in [-0.2, 0) is 0 Å². The summed E-state index contributed by atoms with van der Waals surface area (Å²) in [6.45, 7) is 0.211. The number of carbonyl (C=O) groups excluding carboxylic acids is 5. The van der Waals surface area contributed by atoms with Crippen molar-refractivity contribution in [2.24, 2.45) is 0 Å². The van der Waals surface area contributed by atoms with Crippen molar-refractivity contribution in [2.75, 3.05) is 18.1 Å². The van der Waals surface area contributed by atoms with E-state index in [1.54, 1.807) is 97.1 Å². The lowest BCUT2D eigenvalue weighted by Gasteiger charge is -2.16. The smallest absolute Gasteiger partial charge is 0.347 e. The second-order valence-electron chi connectivity index (χ2n) is 13.8. The summed E-state index contributed by atoms with van der Waals surface area (Å²) in [4.78, 5) is 68.7. The summed E-state index contributed by atoms with van der Waals surface area (Å²) in [6.07, 6.45) is 6.26. The minimum atomic E-state index is -1.08. The molecule has 0 unspecified atom stereocenters. The summed E-state index contributed by atoms with van der Waals surface area (Å²) >= 11 is 0. The number of hydrogen-bond donors (Lipinski definition) is 2. The zero-order valence-electron chi connectivity index (χ0n) is 33.9. The number of nitrogens with two attached hydrogens (primary N) is 2. The van der Waals surface area contributed by atoms with E-state index in [1.807, 2.05) is 30.3 Å². The molecule has 0 spiro atoms. The highest BCUT2D eigenvalue weighted by Gasteiger charge is 2.28. The number of esters is 4. The zero-order chi connectivity index (χ0) is 44.8. The molecule has 0 atom stereocenters. The molecule has 4 N–H and O–H groups in total. The van der Waals surface area contributed by atoms with E-state index in [4.69, 9.17) is 35.2 Å². The molecule has 0 aromatic heterocycles. The summed E-state index contributed by atoms with van der Waals surface area (Å²) in [5, 5.41) is 0. The van der Waals surface area contributed by atoms with Gasteiger partial charge in [-0.15, -0.1) is 0 Å². The lowest BCUT2D eigenvalue weighted by Crippen LogP contribution is -2.19. The normalized spacial score (nSPS) is 10.9. The molecular formula is C52H38N2O10. The number of benzene rings is 7. The van der Waals surface area contributed by atoms with Crippen LogP contribution in [0.5, 0.6) is 28.7 Å². The van der Waals surface area contributed by atoms with Gasteiger partial charge in [0, 0.05) is 40.2 Å². The first-order valence-electron chi connectivity index (χ1n) is 19.7. The summed E-state index contributed by atoms with van der Waals surface area (Å²) in [7, 11) is 0.